The van der Waals surface area contributed by atoms with Crippen LogP contribution in [0.4, 0.5) is 5.82 Å². The molecule has 1 aromatic heterocycles. The van der Waals surface area contributed by atoms with Crippen molar-refractivity contribution in [2.75, 3.05) is 11.4 Å². The molecule has 1 saturated heterocycles. The molecule has 1 aliphatic heterocycles. The van der Waals surface area contributed by atoms with Gasteiger partial charge in [-0.3, -0.25) is 4.79 Å². The smallest absolute Gasteiger partial charge is 0.210 e. The highest BCUT2D eigenvalue weighted by Crippen LogP contribution is 2.36. The average Bonchev–Trinajstić information content (AvgIpc) is 2.86. The minimum absolute atomic E-state index is 0.177. The van der Waals surface area contributed by atoms with E-state index in [-0.39, 0.29) is 6.04 Å². The number of hydrogen-bond acceptors (Lipinski definition) is 3. The first-order valence-corrected chi connectivity index (χ1v) is 7.50. The van der Waals surface area contributed by atoms with Gasteiger partial charge in [0.15, 0.2) is 0 Å². The van der Waals surface area contributed by atoms with Gasteiger partial charge in [0.05, 0.1) is 6.04 Å². The van der Waals surface area contributed by atoms with E-state index in [0.29, 0.717) is 12.1 Å². The van der Waals surface area contributed by atoms with Crippen LogP contribution in [0.1, 0.15) is 52.1 Å². The van der Waals surface area contributed by atoms with E-state index in [0.717, 1.165) is 31.6 Å². The van der Waals surface area contributed by atoms with Crippen molar-refractivity contribution in [3.8, 4) is 0 Å². The van der Waals surface area contributed by atoms with E-state index in [9.17, 15) is 4.79 Å². The monoisotopic (exact) mass is 275 g/mol. The van der Waals surface area contributed by atoms with E-state index in [2.05, 4.69) is 43.6 Å². The fourth-order valence-corrected chi connectivity index (χ4v) is 3.22. The molecule has 1 aromatic rings. The van der Waals surface area contributed by atoms with Crippen LogP contribution in [-0.2, 0) is 4.79 Å². The van der Waals surface area contributed by atoms with Gasteiger partial charge in [-0.15, -0.1) is 0 Å². The van der Waals surface area contributed by atoms with Gasteiger partial charge in [-0.25, -0.2) is 4.98 Å². The summed E-state index contributed by atoms with van der Waals surface area (Å²) in [5, 5.41) is 0. The summed E-state index contributed by atoms with van der Waals surface area (Å²) >= 11 is 0. The molecule has 2 heterocycles. The lowest BCUT2D eigenvalue weighted by Crippen LogP contribution is -2.39. The molecular formula is C16H25N3O. The number of hydrogen-bond donors (Lipinski definition) is 0. The molecular weight excluding hydrogens is 250 g/mol. The molecule has 0 saturated carbocycles. The maximum atomic E-state index is 11.2. The summed E-state index contributed by atoms with van der Waals surface area (Å²) in [7, 11) is 0. The van der Waals surface area contributed by atoms with Crippen LogP contribution in [0.15, 0.2) is 18.3 Å². The highest BCUT2D eigenvalue weighted by Gasteiger charge is 2.29. The summed E-state index contributed by atoms with van der Waals surface area (Å²) in [4.78, 5) is 20.1. The second-order valence-electron chi connectivity index (χ2n) is 6.01. The van der Waals surface area contributed by atoms with Crippen LogP contribution in [0.25, 0.3) is 0 Å². The Labute approximate surface area is 121 Å². The first-order valence-electron chi connectivity index (χ1n) is 7.50. The summed E-state index contributed by atoms with van der Waals surface area (Å²) in [6, 6.07) is 5.03. The molecule has 1 aliphatic rings. The van der Waals surface area contributed by atoms with Crippen molar-refractivity contribution in [1.29, 1.82) is 0 Å². The second kappa shape index (κ2) is 6.25. The third kappa shape index (κ3) is 2.79. The molecule has 1 atom stereocenters. The Morgan fingerprint density at radius 2 is 2.05 bits per heavy atom. The third-order valence-electron chi connectivity index (χ3n) is 3.96. The van der Waals surface area contributed by atoms with E-state index in [1.165, 1.54) is 5.56 Å². The van der Waals surface area contributed by atoms with E-state index in [1.54, 1.807) is 0 Å². The van der Waals surface area contributed by atoms with Gasteiger partial charge < -0.3 is 9.80 Å². The zero-order valence-corrected chi connectivity index (χ0v) is 12.9. The van der Waals surface area contributed by atoms with Crippen LogP contribution in [0.3, 0.4) is 0 Å². The molecule has 0 aliphatic carbocycles. The van der Waals surface area contributed by atoms with Gasteiger partial charge in [0.2, 0.25) is 6.41 Å². The van der Waals surface area contributed by atoms with Crippen LogP contribution >= 0.6 is 0 Å². The zero-order chi connectivity index (χ0) is 14.7. The lowest BCUT2D eigenvalue weighted by Gasteiger charge is -2.35. The number of pyridine rings is 1. The summed E-state index contributed by atoms with van der Waals surface area (Å²) in [5.41, 5.74) is 1.18. The molecule has 0 radical (unpaired) electrons. The molecule has 0 spiro atoms. The van der Waals surface area contributed by atoms with Crippen molar-refractivity contribution < 1.29 is 4.79 Å². The SMILES string of the molecule is CC(C)N(c1ncccc1[C@@H]1CCCN1C=O)C(C)C. The fourth-order valence-electron chi connectivity index (χ4n) is 3.22. The van der Waals surface area contributed by atoms with Crippen LogP contribution in [0.5, 0.6) is 0 Å². The maximum Gasteiger partial charge on any atom is 0.210 e. The van der Waals surface area contributed by atoms with E-state index in [4.69, 9.17) is 0 Å². The highest BCUT2D eigenvalue weighted by atomic mass is 16.1. The van der Waals surface area contributed by atoms with Gasteiger partial charge in [0.25, 0.3) is 0 Å². The number of carbonyl (C=O) groups is 1. The van der Waals surface area contributed by atoms with Crippen LogP contribution < -0.4 is 4.90 Å². The summed E-state index contributed by atoms with van der Waals surface area (Å²) in [6.45, 7) is 9.59. The molecule has 0 unspecified atom stereocenters. The van der Waals surface area contributed by atoms with Crippen molar-refractivity contribution in [3.63, 3.8) is 0 Å². The first kappa shape index (κ1) is 14.8. The van der Waals surface area contributed by atoms with E-state index >= 15 is 0 Å². The van der Waals surface area contributed by atoms with Crippen molar-refractivity contribution in [2.24, 2.45) is 0 Å². The molecule has 1 fully saturated rings. The molecule has 20 heavy (non-hydrogen) atoms. The predicted octanol–water partition coefficient (Wildman–Crippen LogP) is 3.00. The fraction of sp³-hybridized carbons (Fsp3) is 0.625. The number of amides is 1. The Balaban J connectivity index is 2.42. The topological polar surface area (TPSA) is 36.4 Å². The van der Waals surface area contributed by atoms with Crippen LogP contribution in [0.2, 0.25) is 0 Å². The molecule has 2 rings (SSSR count). The normalized spacial score (nSPS) is 18.9. The van der Waals surface area contributed by atoms with Gasteiger partial charge >= 0.3 is 0 Å². The van der Waals surface area contributed by atoms with Crippen molar-refractivity contribution in [1.82, 2.24) is 9.88 Å². The van der Waals surface area contributed by atoms with Gasteiger partial charge in [-0.1, -0.05) is 6.07 Å². The molecule has 4 nitrogen and oxygen atoms in total. The third-order valence-corrected chi connectivity index (χ3v) is 3.96. The molecule has 0 N–H and O–H groups in total. The standard InChI is InChI=1S/C16H25N3O/c1-12(2)19(13(3)4)16-14(7-5-9-17-16)15-8-6-10-18(15)11-20/h5,7,9,11-13,15H,6,8,10H2,1-4H3/t15-/m0/s1. The Morgan fingerprint density at radius 1 is 1.35 bits per heavy atom. The van der Waals surface area contributed by atoms with Crippen molar-refractivity contribution >= 4 is 12.2 Å². The molecule has 110 valence electrons. The Morgan fingerprint density at radius 3 is 2.65 bits per heavy atom. The predicted molar refractivity (Wildman–Crippen MR) is 81.7 cm³/mol. The minimum atomic E-state index is 0.177. The quantitative estimate of drug-likeness (QED) is 0.775. The zero-order valence-electron chi connectivity index (χ0n) is 12.9. The summed E-state index contributed by atoms with van der Waals surface area (Å²) in [5.74, 6) is 1.02. The van der Waals surface area contributed by atoms with Crippen LogP contribution in [-0.4, -0.2) is 34.9 Å². The number of carbonyl (C=O) groups excluding carboxylic acids is 1. The lowest BCUT2D eigenvalue weighted by molar-refractivity contribution is -0.118. The number of anilines is 1. The van der Waals surface area contributed by atoms with Crippen molar-refractivity contribution in [3.05, 3.63) is 23.9 Å². The Hall–Kier alpha value is -1.58. The van der Waals surface area contributed by atoms with Gasteiger partial charge in [0.1, 0.15) is 5.82 Å². The minimum Gasteiger partial charge on any atom is -0.351 e. The summed E-state index contributed by atoms with van der Waals surface area (Å²) < 4.78 is 0. The van der Waals surface area contributed by atoms with E-state index < -0.39 is 0 Å². The number of likely N-dealkylation sites (tertiary alicyclic amines) is 1. The van der Waals surface area contributed by atoms with E-state index in [1.807, 2.05) is 17.2 Å². The van der Waals surface area contributed by atoms with Gasteiger partial charge in [-0.2, -0.15) is 0 Å². The van der Waals surface area contributed by atoms with Crippen LogP contribution in [0, 0.1) is 0 Å². The first-order chi connectivity index (χ1) is 9.56. The largest absolute Gasteiger partial charge is 0.351 e. The molecule has 0 aromatic carbocycles. The summed E-state index contributed by atoms with van der Waals surface area (Å²) in [6.07, 6.45) is 4.92. The number of aromatic nitrogens is 1. The number of nitrogens with zero attached hydrogens (tertiary/aromatic N) is 3. The Bertz CT molecular complexity index is 451. The Kier molecular flexibility index (Phi) is 4.63. The van der Waals surface area contributed by atoms with Gasteiger partial charge in [-0.05, 0) is 46.6 Å². The second-order valence-corrected chi connectivity index (χ2v) is 6.01. The maximum absolute atomic E-state index is 11.2. The highest BCUT2D eigenvalue weighted by molar-refractivity contribution is 5.55. The number of rotatable bonds is 5. The lowest BCUT2D eigenvalue weighted by atomic mass is 10.0. The molecule has 0 bridgehead atoms. The molecule has 4 heteroatoms. The van der Waals surface area contributed by atoms with Gasteiger partial charge in [0, 0.05) is 30.4 Å². The van der Waals surface area contributed by atoms with Crippen molar-refractivity contribution in [2.45, 2.75) is 58.7 Å². The molecule has 1 amide bonds. The average molecular weight is 275 g/mol.